The third-order valence-corrected chi connectivity index (χ3v) is 6.73. The predicted molar refractivity (Wildman–Crippen MR) is 160 cm³/mol. The van der Waals surface area contributed by atoms with E-state index in [1.54, 1.807) is 36.4 Å². The van der Waals surface area contributed by atoms with Gasteiger partial charge in [-0.3, -0.25) is 0 Å². The van der Waals surface area contributed by atoms with Crippen molar-refractivity contribution in [1.29, 1.82) is 0 Å². The number of hydrogen-bond acceptors (Lipinski definition) is 5. The molecule has 0 fully saturated rings. The van der Waals surface area contributed by atoms with Gasteiger partial charge in [0.2, 0.25) is 0 Å². The van der Waals surface area contributed by atoms with Gasteiger partial charge >= 0.3 is 25.5 Å². The molecule has 0 N–H and O–H groups in total. The molecule has 0 aromatic heterocycles. The van der Waals surface area contributed by atoms with Crippen molar-refractivity contribution < 1.29 is 38.5 Å². The Hall–Kier alpha value is -2.96. The number of esters is 1. The molecule has 0 saturated carbocycles. The van der Waals surface area contributed by atoms with Crippen molar-refractivity contribution in [1.82, 2.24) is 0 Å². The maximum absolute atomic E-state index is 12.0. The summed E-state index contributed by atoms with van der Waals surface area (Å²) in [4.78, 5) is 12.0. The molecule has 5 nitrogen and oxygen atoms in total. The summed E-state index contributed by atoms with van der Waals surface area (Å²) in [6, 6.07) is 27.5. The standard InChI is InChI=1S/C21H25O3.C14H21O.Co.O/c1-3-5-9-17(4-2)16-23-19-12-14-20(15-13-19)24-21(22)18-10-7-6-8-11-18;1-3-5-9-13(4-2)12-15-14-10-7-6-8-11-14;;/h7-8,10-15,17H,3-5,9,16H2,1-2H3;7-8,10-11,13H,3-5,9,12H2,1-2H3;;/q2*-1;;. The van der Waals surface area contributed by atoms with Gasteiger partial charge < -0.3 is 14.2 Å². The van der Waals surface area contributed by atoms with Crippen LogP contribution in [0.5, 0.6) is 17.2 Å². The van der Waals surface area contributed by atoms with E-state index >= 15 is 0 Å². The zero-order chi connectivity index (χ0) is 30.1. The molecule has 0 saturated heterocycles. The number of hydrogen-bond donors (Lipinski definition) is 0. The number of rotatable bonds is 16. The Morgan fingerprint density at radius 1 is 0.659 bits per heavy atom. The van der Waals surface area contributed by atoms with Crippen LogP contribution in [0.3, 0.4) is 0 Å². The van der Waals surface area contributed by atoms with Crippen molar-refractivity contribution in [2.45, 2.75) is 79.1 Å². The molecule has 2 unspecified atom stereocenters. The summed E-state index contributed by atoms with van der Waals surface area (Å²) < 4.78 is 24.9. The molecule has 3 aromatic carbocycles. The van der Waals surface area contributed by atoms with E-state index in [1.807, 2.05) is 36.4 Å². The van der Waals surface area contributed by atoms with Crippen molar-refractivity contribution in [2.24, 2.45) is 11.8 Å². The predicted octanol–water partition coefficient (Wildman–Crippen LogP) is 9.26. The quantitative estimate of drug-likeness (QED) is 0.0925. The fourth-order valence-corrected chi connectivity index (χ4v) is 3.99. The van der Waals surface area contributed by atoms with Gasteiger partial charge in [0.05, 0.1) is 13.2 Å². The Kier molecular flexibility index (Phi) is 20.9. The molecule has 0 radical (unpaired) electrons. The van der Waals surface area contributed by atoms with Crippen LogP contribution in [-0.4, -0.2) is 19.2 Å². The summed E-state index contributed by atoms with van der Waals surface area (Å²) in [6.07, 6.45) is 9.87. The summed E-state index contributed by atoms with van der Waals surface area (Å²) in [7, 11) is 0. The van der Waals surface area contributed by atoms with E-state index in [4.69, 9.17) is 18.1 Å². The SMILES string of the molecule is CCCCC(CC)COc1cc[c-]cc1.CCCCC(CC)COc1ccc(OC(=O)c2cc[c-]cc2)cc1.[O]=[Co]. The first-order valence-corrected chi connectivity index (χ1v) is 15.2. The molecule has 0 bridgehead atoms. The van der Waals surface area contributed by atoms with Gasteiger partial charge in [0, 0.05) is 5.75 Å². The zero-order valence-electron chi connectivity index (χ0n) is 25.0. The van der Waals surface area contributed by atoms with Crippen LogP contribution in [0.4, 0.5) is 0 Å². The number of carbonyl (C=O) groups is 1. The van der Waals surface area contributed by atoms with Crippen LogP contribution >= 0.6 is 0 Å². The molecule has 0 amide bonds. The van der Waals surface area contributed by atoms with E-state index in [1.165, 1.54) is 44.9 Å². The molecular formula is C35H46CoO5-2. The second-order valence-electron chi connectivity index (χ2n) is 9.84. The van der Waals surface area contributed by atoms with Gasteiger partial charge in [-0.1, -0.05) is 66.2 Å². The van der Waals surface area contributed by atoms with E-state index < -0.39 is 0 Å². The Morgan fingerprint density at radius 3 is 1.51 bits per heavy atom. The second-order valence-corrected chi connectivity index (χ2v) is 9.84. The normalized spacial score (nSPS) is 11.5. The summed E-state index contributed by atoms with van der Waals surface area (Å²) in [5, 5.41) is 0. The second kappa shape index (κ2) is 23.7. The van der Waals surface area contributed by atoms with Crippen LogP contribution in [0.25, 0.3) is 0 Å². The number of carbonyl (C=O) groups excluding carboxylic acids is 1. The minimum absolute atomic E-state index is 0.372. The van der Waals surface area contributed by atoms with Crippen LogP contribution in [0.15, 0.2) is 72.8 Å². The Labute approximate surface area is 255 Å². The summed E-state index contributed by atoms with van der Waals surface area (Å²) >= 11 is 2.31. The number of benzene rings is 3. The van der Waals surface area contributed by atoms with E-state index in [0.717, 1.165) is 31.1 Å². The first-order valence-electron chi connectivity index (χ1n) is 14.7. The van der Waals surface area contributed by atoms with Gasteiger partial charge in [-0.2, -0.15) is 48.5 Å². The maximum atomic E-state index is 12.0. The van der Waals surface area contributed by atoms with Crippen LogP contribution in [0, 0.1) is 24.0 Å². The molecule has 0 aliphatic heterocycles. The molecule has 0 aliphatic carbocycles. The van der Waals surface area contributed by atoms with Crippen molar-refractivity contribution in [3.8, 4) is 17.2 Å². The molecule has 41 heavy (non-hydrogen) atoms. The number of unbranched alkanes of at least 4 members (excludes halogenated alkanes) is 2. The minimum atomic E-state index is -0.372. The molecule has 0 aliphatic rings. The Balaban J connectivity index is 0.000000425. The monoisotopic (exact) mass is 605 g/mol. The van der Waals surface area contributed by atoms with Crippen LogP contribution in [0.1, 0.15) is 89.4 Å². The molecule has 3 rings (SSSR count). The summed E-state index contributed by atoms with van der Waals surface area (Å²) in [6.45, 7) is 10.5. The fourth-order valence-electron chi connectivity index (χ4n) is 3.99. The molecule has 2 atom stereocenters. The average molecular weight is 606 g/mol. The molecular weight excluding hydrogens is 559 g/mol. The van der Waals surface area contributed by atoms with Gasteiger partial charge in [0.25, 0.3) is 0 Å². The Morgan fingerprint density at radius 2 is 1.07 bits per heavy atom. The average Bonchev–Trinajstić information content (AvgIpc) is 3.04. The van der Waals surface area contributed by atoms with Gasteiger partial charge in [0.15, 0.2) is 0 Å². The van der Waals surface area contributed by atoms with E-state index in [9.17, 15) is 4.79 Å². The third-order valence-electron chi connectivity index (χ3n) is 6.73. The van der Waals surface area contributed by atoms with Crippen LogP contribution in [-0.2, 0) is 19.5 Å². The van der Waals surface area contributed by atoms with E-state index in [-0.39, 0.29) is 5.97 Å². The molecule has 0 spiro atoms. The van der Waals surface area contributed by atoms with Crippen molar-refractivity contribution in [3.05, 3.63) is 90.5 Å². The summed E-state index contributed by atoms with van der Waals surface area (Å²) in [5.74, 6) is 3.20. The zero-order valence-corrected chi connectivity index (χ0v) is 26.1. The first kappa shape index (κ1) is 36.1. The first-order chi connectivity index (χ1) is 20.1. The van der Waals surface area contributed by atoms with Crippen LogP contribution in [0.2, 0.25) is 0 Å². The van der Waals surface area contributed by atoms with Gasteiger partial charge in [0.1, 0.15) is 11.5 Å². The van der Waals surface area contributed by atoms with Gasteiger partial charge in [-0.15, -0.1) is 12.1 Å². The third kappa shape index (κ3) is 16.2. The van der Waals surface area contributed by atoms with Crippen LogP contribution < -0.4 is 14.2 Å². The van der Waals surface area contributed by atoms with E-state index in [2.05, 4.69) is 55.5 Å². The van der Waals surface area contributed by atoms with Gasteiger partial charge in [-0.05, 0) is 54.5 Å². The van der Waals surface area contributed by atoms with Crippen molar-refractivity contribution >= 4 is 5.97 Å². The molecule has 3 aromatic rings. The molecule has 227 valence electrons. The van der Waals surface area contributed by atoms with Gasteiger partial charge in [-0.25, -0.2) is 4.79 Å². The van der Waals surface area contributed by atoms with E-state index in [0.29, 0.717) is 23.1 Å². The van der Waals surface area contributed by atoms with Crippen molar-refractivity contribution in [2.75, 3.05) is 13.2 Å². The summed E-state index contributed by atoms with van der Waals surface area (Å²) in [5.41, 5.74) is 0.510. The van der Waals surface area contributed by atoms with Crippen molar-refractivity contribution in [3.63, 3.8) is 0 Å². The Bertz CT molecular complexity index is 1030. The number of ether oxygens (including phenoxy) is 3. The molecule has 0 heterocycles. The fraction of sp³-hybridized carbons (Fsp3) is 0.457. The molecule has 6 heteroatoms. The topological polar surface area (TPSA) is 61.8 Å².